The van der Waals surface area contributed by atoms with Crippen LogP contribution in [0.3, 0.4) is 0 Å². The first-order valence-electron chi connectivity index (χ1n) is 8.52. The first-order valence-corrected chi connectivity index (χ1v) is 10.0. The summed E-state index contributed by atoms with van der Waals surface area (Å²) in [5, 5.41) is 0. The van der Waals surface area contributed by atoms with Crippen molar-refractivity contribution in [3.8, 4) is 16.9 Å². The fourth-order valence-corrected chi connectivity index (χ4v) is 4.21. The van der Waals surface area contributed by atoms with E-state index in [-0.39, 0.29) is 4.90 Å². The minimum atomic E-state index is -3.71. The van der Waals surface area contributed by atoms with Gasteiger partial charge < -0.3 is 4.74 Å². The molecule has 0 aliphatic carbocycles. The number of rotatable bonds is 5. The number of aromatic nitrogens is 1. The maximum atomic E-state index is 12.8. The molecule has 5 nitrogen and oxygen atoms in total. The topological polar surface area (TPSA) is 68.3 Å². The Labute approximate surface area is 160 Å². The highest BCUT2D eigenvalue weighted by Crippen LogP contribution is 2.29. The van der Waals surface area contributed by atoms with Gasteiger partial charge in [-0.2, -0.15) is 0 Å². The van der Waals surface area contributed by atoms with Crippen LogP contribution in [0.5, 0.6) is 5.75 Å². The molecule has 6 heteroatoms. The summed E-state index contributed by atoms with van der Waals surface area (Å²) in [6.45, 7) is 5.58. The molecule has 140 valence electrons. The number of hydrogen-bond donors (Lipinski definition) is 1. The molecule has 3 rings (SSSR count). The minimum Gasteiger partial charge on any atom is -0.496 e. The Morgan fingerprint density at radius 3 is 2.15 bits per heavy atom. The number of benzene rings is 2. The lowest BCUT2D eigenvalue weighted by atomic mass is 10.0. The molecule has 1 N–H and O–H groups in total. The zero-order valence-electron chi connectivity index (χ0n) is 15.8. The summed E-state index contributed by atoms with van der Waals surface area (Å²) in [7, 11) is -2.07. The van der Waals surface area contributed by atoms with Gasteiger partial charge in [-0.1, -0.05) is 24.3 Å². The van der Waals surface area contributed by atoms with E-state index >= 15 is 0 Å². The van der Waals surface area contributed by atoms with Crippen molar-refractivity contribution in [1.82, 2.24) is 4.98 Å². The molecular formula is C21H22N2O3S. The summed E-state index contributed by atoms with van der Waals surface area (Å²) in [6, 6.07) is 16.4. The van der Waals surface area contributed by atoms with Gasteiger partial charge in [0.25, 0.3) is 10.0 Å². The monoisotopic (exact) mass is 382 g/mol. The number of nitrogens with zero attached hydrogens (tertiary/aromatic N) is 1. The Bertz CT molecular complexity index is 1090. The van der Waals surface area contributed by atoms with Gasteiger partial charge >= 0.3 is 0 Å². The summed E-state index contributed by atoms with van der Waals surface area (Å²) < 4.78 is 33.3. The van der Waals surface area contributed by atoms with E-state index < -0.39 is 10.0 Å². The summed E-state index contributed by atoms with van der Waals surface area (Å²) in [5.74, 6) is 1.13. The second kappa shape index (κ2) is 7.40. The molecule has 1 heterocycles. The lowest BCUT2D eigenvalue weighted by Gasteiger charge is -2.12. The average Bonchev–Trinajstić information content (AvgIpc) is 2.61. The van der Waals surface area contributed by atoms with E-state index in [0.717, 1.165) is 28.1 Å². The molecule has 0 atom stereocenters. The number of ether oxygens (including phenoxy) is 1. The van der Waals surface area contributed by atoms with E-state index in [2.05, 4.69) is 9.71 Å². The molecule has 0 bridgehead atoms. The number of hydrogen-bond acceptors (Lipinski definition) is 4. The highest BCUT2D eigenvalue weighted by Gasteiger charge is 2.18. The summed E-state index contributed by atoms with van der Waals surface area (Å²) in [5.41, 5.74) is 4.40. The van der Waals surface area contributed by atoms with Crippen LogP contribution in [0.15, 0.2) is 59.5 Å². The third kappa shape index (κ3) is 4.11. The second-order valence-electron chi connectivity index (χ2n) is 6.43. The van der Waals surface area contributed by atoms with Gasteiger partial charge in [-0.25, -0.2) is 13.4 Å². The third-order valence-electron chi connectivity index (χ3n) is 4.32. The molecule has 0 amide bonds. The molecule has 0 aliphatic rings. The van der Waals surface area contributed by atoms with Crippen LogP contribution in [0.1, 0.15) is 16.8 Å². The highest BCUT2D eigenvalue weighted by atomic mass is 32.2. The van der Waals surface area contributed by atoms with E-state index in [1.165, 1.54) is 0 Å². The molecule has 27 heavy (non-hydrogen) atoms. The lowest BCUT2D eigenvalue weighted by molar-refractivity contribution is 0.412. The van der Waals surface area contributed by atoms with Gasteiger partial charge in [0.05, 0.1) is 12.0 Å². The lowest BCUT2D eigenvalue weighted by Crippen LogP contribution is -2.15. The molecule has 0 aliphatic heterocycles. The smallest absolute Gasteiger partial charge is 0.263 e. The van der Waals surface area contributed by atoms with E-state index in [4.69, 9.17) is 4.74 Å². The minimum absolute atomic E-state index is 0.236. The zero-order valence-corrected chi connectivity index (χ0v) is 16.6. The number of anilines is 1. The molecule has 1 aromatic heterocycles. The number of aryl methyl sites for hydroxylation is 3. The van der Waals surface area contributed by atoms with E-state index in [0.29, 0.717) is 11.4 Å². The van der Waals surface area contributed by atoms with Crippen LogP contribution >= 0.6 is 0 Å². The van der Waals surface area contributed by atoms with Gasteiger partial charge in [0.15, 0.2) is 0 Å². The zero-order chi connectivity index (χ0) is 19.6. The number of sulfonamides is 1. The Morgan fingerprint density at radius 2 is 1.56 bits per heavy atom. The van der Waals surface area contributed by atoms with Crippen molar-refractivity contribution in [2.24, 2.45) is 0 Å². The Hall–Kier alpha value is -2.86. The van der Waals surface area contributed by atoms with Crippen molar-refractivity contribution in [3.63, 3.8) is 0 Å². The van der Waals surface area contributed by atoms with Gasteiger partial charge in [0, 0.05) is 5.69 Å². The van der Waals surface area contributed by atoms with Crippen LogP contribution < -0.4 is 9.46 Å². The second-order valence-corrected chi connectivity index (χ2v) is 8.09. The van der Waals surface area contributed by atoms with Crippen LogP contribution in [-0.2, 0) is 10.0 Å². The molecule has 0 radical (unpaired) electrons. The van der Waals surface area contributed by atoms with Crippen molar-refractivity contribution in [2.75, 3.05) is 11.8 Å². The highest BCUT2D eigenvalue weighted by molar-refractivity contribution is 7.92. The maximum absolute atomic E-state index is 12.8. The van der Waals surface area contributed by atoms with Gasteiger partial charge in [-0.15, -0.1) is 0 Å². The quantitative estimate of drug-likeness (QED) is 0.706. The van der Waals surface area contributed by atoms with Crippen LogP contribution in [-0.4, -0.2) is 20.5 Å². The average molecular weight is 382 g/mol. The van der Waals surface area contributed by atoms with Crippen molar-refractivity contribution in [2.45, 2.75) is 25.7 Å². The number of nitrogens with one attached hydrogen (secondary N) is 1. The van der Waals surface area contributed by atoms with Crippen LogP contribution in [0.4, 0.5) is 5.82 Å². The summed E-state index contributed by atoms with van der Waals surface area (Å²) >= 11 is 0. The number of methoxy groups -OCH3 is 1. The molecular weight excluding hydrogens is 360 g/mol. The van der Waals surface area contributed by atoms with Crippen molar-refractivity contribution in [1.29, 1.82) is 0 Å². The fourth-order valence-electron chi connectivity index (χ4n) is 2.98. The van der Waals surface area contributed by atoms with Crippen molar-refractivity contribution >= 4 is 15.8 Å². The van der Waals surface area contributed by atoms with Gasteiger partial charge in [-0.05, 0) is 73.4 Å². The van der Waals surface area contributed by atoms with Gasteiger partial charge in [0.1, 0.15) is 11.6 Å². The van der Waals surface area contributed by atoms with Crippen LogP contribution in [0.25, 0.3) is 11.1 Å². The number of pyridine rings is 1. The molecule has 2 aromatic carbocycles. The molecule has 0 spiro atoms. The summed E-state index contributed by atoms with van der Waals surface area (Å²) in [4.78, 5) is 4.44. The molecule has 3 aromatic rings. The maximum Gasteiger partial charge on any atom is 0.263 e. The van der Waals surface area contributed by atoms with Crippen LogP contribution in [0.2, 0.25) is 0 Å². The predicted molar refractivity (Wildman–Crippen MR) is 108 cm³/mol. The molecule has 0 saturated heterocycles. The third-order valence-corrected chi connectivity index (χ3v) is 5.83. The fraction of sp³-hybridized carbons (Fsp3) is 0.190. The standard InChI is InChI=1S/C21H22N2O3S/c1-14-12-17(8-10-19(14)26-4)18-9-11-20(15(2)13-18)27(24,25)23-21-7-5-6-16(3)22-21/h5-13H,1-4H3,(H,22,23). The summed E-state index contributed by atoms with van der Waals surface area (Å²) in [6.07, 6.45) is 0. The Balaban J connectivity index is 1.93. The van der Waals surface area contributed by atoms with Crippen LogP contribution in [0, 0.1) is 20.8 Å². The Morgan fingerprint density at radius 1 is 0.889 bits per heavy atom. The van der Waals surface area contributed by atoms with Gasteiger partial charge in [-0.3, -0.25) is 4.72 Å². The molecule has 0 fully saturated rings. The van der Waals surface area contributed by atoms with E-state index in [9.17, 15) is 8.42 Å². The van der Waals surface area contributed by atoms with E-state index in [1.807, 2.05) is 50.2 Å². The van der Waals surface area contributed by atoms with Crippen molar-refractivity contribution in [3.05, 3.63) is 71.4 Å². The van der Waals surface area contributed by atoms with Crippen molar-refractivity contribution < 1.29 is 13.2 Å². The normalized spacial score (nSPS) is 11.3. The van der Waals surface area contributed by atoms with Gasteiger partial charge in [0.2, 0.25) is 0 Å². The Kier molecular flexibility index (Phi) is 5.19. The molecule has 0 unspecified atom stereocenters. The van der Waals surface area contributed by atoms with E-state index in [1.54, 1.807) is 32.2 Å². The first kappa shape index (κ1) is 18.9. The SMILES string of the molecule is COc1ccc(-c2ccc(S(=O)(=O)Nc3cccc(C)n3)c(C)c2)cc1C. The first-order chi connectivity index (χ1) is 12.8. The largest absolute Gasteiger partial charge is 0.496 e. The predicted octanol–water partition coefficient (Wildman–Crippen LogP) is 4.48. The molecule has 0 saturated carbocycles.